The van der Waals surface area contributed by atoms with Crippen molar-refractivity contribution in [3.05, 3.63) is 77.8 Å². The predicted octanol–water partition coefficient (Wildman–Crippen LogP) is 6.44. The number of sulfonamides is 1. The Hall–Kier alpha value is -2.69. The van der Waals surface area contributed by atoms with Crippen molar-refractivity contribution in [1.82, 2.24) is 14.2 Å². The molecule has 3 aromatic carbocycles. The first kappa shape index (κ1) is 26.5. The summed E-state index contributed by atoms with van der Waals surface area (Å²) in [6.45, 7) is 3.06. The minimum absolute atomic E-state index is 0.0262. The molecule has 0 N–H and O–H groups in total. The molecule has 1 saturated carbocycles. The molecule has 10 heteroatoms. The van der Waals surface area contributed by atoms with E-state index in [2.05, 4.69) is 9.88 Å². The number of ether oxygens (including phenoxy) is 2. The fraction of sp³-hybridized carbons (Fsp3) is 0.345. The molecule has 1 aliphatic carbocycles. The number of para-hydroxylation sites is 1. The number of halogens is 1. The Morgan fingerprint density at radius 1 is 0.897 bits per heavy atom. The van der Waals surface area contributed by atoms with E-state index in [9.17, 15) is 8.42 Å². The van der Waals surface area contributed by atoms with Gasteiger partial charge in [0.05, 0.1) is 15.1 Å². The van der Waals surface area contributed by atoms with Gasteiger partial charge in [0, 0.05) is 23.7 Å². The van der Waals surface area contributed by atoms with Crippen molar-refractivity contribution in [1.29, 1.82) is 0 Å². The molecule has 204 valence electrons. The Kier molecular flexibility index (Phi) is 7.77. The van der Waals surface area contributed by atoms with E-state index in [0.29, 0.717) is 21.7 Å². The zero-order chi connectivity index (χ0) is 26.8. The van der Waals surface area contributed by atoms with Crippen LogP contribution in [0.3, 0.4) is 0 Å². The van der Waals surface area contributed by atoms with E-state index >= 15 is 0 Å². The van der Waals surface area contributed by atoms with E-state index in [1.165, 1.54) is 11.3 Å². The zero-order valence-electron chi connectivity index (χ0n) is 21.4. The second kappa shape index (κ2) is 11.4. The van der Waals surface area contributed by atoms with E-state index in [1.807, 2.05) is 48.5 Å². The molecule has 1 saturated heterocycles. The molecular weight excluding hydrogens is 554 g/mol. The summed E-state index contributed by atoms with van der Waals surface area (Å²) in [6.07, 6.45) is 3.51. The van der Waals surface area contributed by atoms with Gasteiger partial charge in [-0.1, -0.05) is 35.1 Å². The number of aromatic nitrogens is 1. The van der Waals surface area contributed by atoms with Gasteiger partial charge in [0.1, 0.15) is 18.1 Å². The zero-order valence-corrected chi connectivity index (χ0v) is 23.8. The molecule has 1 aliphatic heterocycles. The maximum atomic E-state index is 13.4. The van der Waals surface area contributed by atoms with E-state index in [-0.39, 0.29) is 12.1 Å². The molecule has 7 nitrogen and oxygen atoms in total. The molecule has 39 heavy (non-hydrogen) atoms. The molecule has 1 aromatic heterocycles. The van der Waals surface area contributed by atoms with Crippen molar-refractivity contribution in [2.45, 2.75) is 42.7 Å². The number of hydrogen-bond donors (Lipinski definition) is 0. The van der Waals surface area contributed by atoms with Crippen molar-refractivity contribution in [2.75, 3.05) is 26.2 Å². The smallest absolute Gasteiger partial charge is 0.279 e. The third kappa shape index (κ3) is 6.23. The standard InChI is InChI=1S/C29H30ClN3O4S2/c30-21-5-13-26(14-6-21)39(34,35)33(22-7-8-22)23-15-17-32(18-16-23)19-20-36-24-9-11-25(12-10-24)37-29-31-27-3-1-2-4-28(27)38-29/h1-6,9-14,22-23H,7-8,15-20H2. The van der Waals surface area contributed by atoms with Gasteiger partial charge in [0.25, 0.3) is 5.19 Å². The number of nitrogens with zero attached hydrogens (tertiary/aromatic N) is 3. The van der Waals surface area contributed by atoms with Crippen LogP contribution in [0.4, 0.5) is 0 Å². The Bertz CT molecular complexity index is 1480. The van der Waals surface area contributed by atoms with Crippen LogP contribution in [-0.4, -0.2) is 60.9 Å². The summed E-state index contributed by atoms with van der Waals surface area (Å²) in [7, 11) is -3.54. The van der Waals surface area contributed by atoms with Gasteiger partial charge in [-0.25, -0.2) is 13.4 Å². The normalized spacial score (nSPS) is 17.1. The van der Waals surface area contributed by atoms with Gasteiger partial charge in [0.15, 0.2) is 0 Å². The van der Waals surface area contributed by atoms with Gasteiger partial charge in [-0.2, -0.15) is 4.31 Å². The molecule has 0 spiro atoms. The van der Waals surface area contributed by atoms with Crippen LogP contribution in [0.25, 0.3) is 10.2 Å². The first-order valence-corrected chi connectivity index (χ1v) is 15.9. The van der Waals surface area contributed by atoms with Crippen LogP contribution in [0.15, 0.2) is 77.7 Å². The second-order valence-electron chi connectivity index (χ2n) is 9.96. The van der Waals surface area contributed by atoms with Crippen LogP contribution < -0.4 is 9.47 Å². The fourth-order valence-electron chi connectivity index (χ4n) is 5.04. The lowest BCUT2D eigenvalue weighted by Crippen LogP contribution is -2.48. The summed E-state index contributed by atoms with van der Waals surface area (Å²) in [4.78, 5) is 7.18. The highest BCUT2D eigenvalue weighted by Crippen LogP contribution is 2.37. The Morgan fingerprint density at radius 2 is 1.56 bits per heavy atom. The summed E-state index contributed by atoms with van der Waals surface area (Å²) >= 11 is 7.50. The molecule has 6 rings (SSSR count). The van der Waals surface area contributed by atoms with Gasteiger partial charge >= 0.3 is 0 Å². The molecule has 2 heterocycles. The van der Waals surface area contributed by atoms with Crippen LogP contribution in [0.1, 0.15) is 25.7 Å². The molecule has 0 unspecified atom stereocenters. The second-order valence-corrected chi connectivity index (χ2v) is 13.2. The van der Waals surface area contributed by atoms with Crippen LogP contribution >= 0.6 is 22.9 Å². The molecule has 4 aromatic rings. The van der Waals surface area contributed by atoms with E-state index in [1.54, 1.807) is 28.6 Å². The number of thiazole rings is 1. The van der Waals surface area contributed by atoms with Crippen molar-refractivity contribution >= 4 is 43.2 Å². The molecule has 2 fully saturated rings. The number of rotatable bonds is 10. The molecule has 0 atom stereocenters. The average Bonchev–Trinajstić information content (AvgIpc) is 3.68. The van der Waals surface area contributed by atoms with E-state index in [0.717, 1.165) is 67.0 Å². The average molecular weight is 584 g/mol. The van der Waals surface area contributed by atoms with Crippen molar-refractivity contribution in [2.24, 2.45) is 0 Å². The highest BCUT2D eigenvalue weighted by atomic mass is 35.5. The van der Waals surface area contributed by atoms with Crippen molar-refractivity contribution in [3.63, 3.8) is 0 Å². The lowest BCUT2D eigenvalue weighted by Gasteiger charge is -2.38. The van der Waals surface area contributed by atoms with Gasteiger partial charge in [-0.05, 0) is 99.4 Å². The summed E-state index contributed by atoms with van der Waals surface area (Å²) in [5.74, 6) is 1.51. The summed E-state index contributed by atoms with van der Waals surface area (Å²) in [6, 6.07) is 22.2. The van der Waals surface area contributed by atoms with E-state index < -0.39 is 10.0 Å². The van der Waals surface area contributed by atoms with Crippen molar-refractivity contribution < 1.29 is 17.9 Å². The minimum atomic E-state index is -3.54. The number of fused-ring (bicyclic) bond motifs is 1. The maximum absolute atomic E-state index is 13.4. The maximum Gasteiger partial charge on any atom is 0.279 e. The van der Waals surface area contributed by atoms with Crippen molar-refractivity contribution in [3.8, 4) is 16.7 Å². The minimum Gasteiger partial charge on any atom is -0.492 e. The number of likely N-dealkylation sites (tertiary alicyclic amines) is 1. The third-order valence-corrected chi connectivity index (χ3v) is 10.4. The Balaban J connectivity index is 0.978. The topological polar surface area (TPSA) is 72.0 Å². The number of hydrogen-bond acceptors (Lipinski definition) is 7. The van der Waals surface area contributed by atoms with Crippen LogP contribution in [0.5, 0.6) is 16.7 Å². The first-order valence-electron chi connectivity index (χ1n) is 13.2. The predicted molar refractivity (Wildman–Crippen MR) is 155 cm³/mol. The largest absolute Gasteiger partial charge is 0.492 e. The number of benzene rings is 3. The SMILES string of the molecule is O=S(=O)(c1ccc(Cl)cc1)N(C1CC1)C1CCN(CCOc2ccc(Oc3nc4ccccc4s3)cc2)CC1. The number of piperidine rings is 1. The third-order valence-electron chi connectivity index (χ3n) is 7.19. The Labute approximate surface area is 238 Å². The lowest BCUT2D eigenvalue weighted by atomic mass is 10.1. The van der Waals surface area contributed by atoms with E-state index in [4.69, 9.17) is 21.1 Å². The molecule has 0 bridgehead atoms. The molecule has 0 radical (unpaired) electrons. The summed E-state index contributed by atoms with van der Waals surface area (Å²) < 4.78 is 41.7. The monoisotopic (exact) mass is 583 g/mol. The highest BCUT2D eigenvalue weighted by molar-refractivity contribution is 7.89. The summed E-state index contributed by atoms with van der Waals surface area (Å²) in [5.41, 5.74) is 0.935. The van der Waals surface area contributed by atoms with Crippen LogP contribution in [0, 0.1) is 0 Å². The van der Waals surface area contributed by atoms with Gasteiger partial charge in [-0.15, -0.1) is 0 Å². The van der Waals surface area contributed by atoms with Gasteiger partial charge in [0.2, 0.25) is 10.0 Å². The quantitative estimate of drug-likeness (QED) is 0.214. The van der Waals surface area contributed by atoms with Crippen LogP contribution in [0.2, 0.25) is 5.02 Å². The lowest BCUT2D eigenvalue weighted by molar-refractivity contribution is 0.136. The van der Waals surface area contributed by atoms with Crippen LogP contribution in [-0.2, 0) is 10.0 Å². The first-order chi connectivity index (χ1) is 19.0. The molecule has 0 amide bonds. The molecular formula is C29H30ClN3O4S2. The van der Waals surface area contributed by atoms with Gasteiger partial charge < -0.3 is 9.47 Å². The summed E-state index contributed by atoms with van der Waals surface area (Å²) in [5, 5.41) is 1.16. The highest BCUT2D eigenvalue weighted by Gasteiger charge is 2.43. The Morgan fingerprint density at radius 3 is 2.26 bits per heavy atom. The van der Waals surface area contributed by atoms with Gasteiger partial charge in [-0.3, -0.25) is 4.90 Å². The fourth-order valence-corrected chi connectivity index (χ4v) is 7.93. The molecule has 2 aliphatic rings.